The largest absolute Gasteiger partial charge is 0.366 e. The summed E-state index contributed by atoms with van der Waals surface area (Å²) in [5.74, 6) is 1.68. The molecule has 0 amide bonds. The van der Waals surface area contributed by atoms with Gasteiger partial charge in [0.15, 0.2) is 0 Å². The molecule has 0 bridgehead atoms. The number of anilines is 2. The minimum atomic E-state index is 0.394. The Kier molecular flexibility index (Phi) is 2.66. The molecule has 4 nitrogen and oxygen atoms in total. The van der Waals surface area contributed by atoms with Crippen LogP contribution < -0.4 is 10.6 Å². The Hall–Kier alpha value is -1.36. The average molecular weight is 262 g/mol. The zero-order valence-corrected chi connectivity index (χ0v) is 11.8. The fourth-order valence-electron chi connectivity index (χ4n) is 2.08. The van der Waals surface area contributed by atoms with Crippen molar-refractivity contribution in [2.45, 2.75) is 33.2 Å². The van der Waals surface area contributed by atoms with Gasteiger partial charge in [0.2, 0.25) is 5.95 Å². The molecule has 1 aliphatic carbocycles. The maximum atomic E-state index is 4.58. The van der Waals surface area contributed by atoms with Gasteiger partial charge in [-0.15, -0.1) is 11.3 Å². The molecule has 2 heterocycles. The first-order chi connectivity index (χ1) is 8.60. The van der Waals surface area contributed by atoms with Gasteiger partial charge in [0.1, 0.15) is 10.6 Å². The van der Waals surface area contributed by atoms with Crippen LogP contribution in [0.1, 0.15) is 27.2 Å². The van der Waals surface area contributed by atoms with Gasteiger partial charge in [-0.2, -0.15) is 4.98 Å². The van der Waals surface area contributed by atoms with Gasteiger partial charge in [-0.3, -0.25) is 0 Å². The van der Waals surface area contributed by atoms with E-state index in [2.05, 4.69) is 52.8 Å². The molecule has 1 atom stereocenters. The number of hydrogen-bond acceptors (Lipinski definition) is 5. The molecule has 0 saturated heterocycles. The monoisotopic (exact) mass is 262 g/mol. The highest BCUT2D eigenvalue weighted by molar-refractivity contribution is 7.16. The highest BCUT2D eigenvalue weighted by atomic mass is 32.1. The van der Waals surface area contributed by atoms with Gasteiger partial charge < -0.3 is 10.6 Å². The normalized spacial score (nSPS) is 20.9. The van der Waals surface area contributed by atoms with E-state index in [0.29, 0.717) is 17.4 Å². The number of rotatable bonds is 4. The zero-order valence-electron chi connectivity index (χ0n) is 10.9. The molecule has 0 aliphatic heterocycles. The van der Waals surface area contributed by atoms with Crippen molar-refractivity contribution in [1.82, 2.24) is 9.97 Å². The molecular formula is C13H18N4S. The van der Waals surface area contributed by atoms with Gasteiger partial charge in [-0.1, -0.05) is 13.8 Å². The third-order valence-electron chi connectivity index (χ3n) is 3.48. The Morgan fingerprint density at radius 1 is 1.44 bits per heavy atom. The molecule has 1 saturated carbocycles. The number of thiophene rings is 1. The number of nitrogens with one attached hydrogen (secondary N) is 2. The Bertz CT molecular complexity index is 575. The second-order valence-electron chi connectivity index (χ2n) is 5.46. The van der Waals surface area contributed by atoms with Crippen LogP contribution in [0.15, 0.2) is 11.4 Å². The van der Waals surface area contributed by atoms with Crippen LogP contribution in [0.25, 0.3) is 10.2 Å². The molecule has 1 fully saturated rings. The van der Waals surface area contributed by atoms with Gasteiger partial charge in [-0.25, -0.2) is 4.98 Å². The van der Waals surface area contributed by atoms with Crippen LogP contribution in [-0.2, 0) is 0 Å². The second kappa shape index (κ2) is 4.09. The summed E-state index contributed by atoms with van der Waals surface area (Å²) in [6, 6.07) is 2.62. The summed E-state index contributed by atoms with van der Waals surface area (Å²) >= 11 is 1.66. The van der Waals surface area contributed by atoms with Crippen molar-refractivity contribution in [3.8, 4) is 0 Å². The van der Waals surface area contributed by atoms with Gasteiger partial charge in [0, 0.05) is 12.6 Å². The molecular weight excluding hydrogens is 244 g/mol. The lowest BCUT2D eigenvalue weighted by atomic mass is 10.2. The Labute approximate surface area is 111 Å². The number of hydrogen-bond donors (Lipinski definition) is 2. The lowest BCUT2D eigenvalue weighted by Gasteiger charge is -2.10. The smallest absolute Gasteiger partial charge is 0.226 e. The van der Waals surface area contributed by atoms with Crippen molar-refractivity contribution in [1.29, 1.82) is 0 Å². The van der Waals surface area contributed by atoms with Crippen molar-refractivity contribution in [3.05, 3.63) is 11.4 Å². The van der Waals surface area contributed by atoms with Crippen molar-refractivity contribution in [2.75, 3.05) is 17.2 Å². The van der Waals surface area contributed by atoms with E-state index < -0.39 is 0 Å². The van der Waals surface area contributed by atoms with E-state index >= 15 is 0 Å². The predicted molar refractivity (Wildman–Crippen MR) is 77.4 cm³/mol. The molecule has 3 rings (SSSR count). The summed E-state index contributed by atoms with van der Waals surface area (Å²) in [6.45, 7) is 7.45. The highest BCUT2D eigenvalue weighted by Crippen LogP contribution is 2.47. The van der Waals surface area contributed by atoms with Crippen LogP contribution in [0, 0.1) is 5.41 Å². The first-order valence-corrected chi connectivity index (χ1v) is 7.24. The average Bonchev–Trinajstić information content (AvgIpc) is 2.75. The molecule has 0 spiro atoms. The van der Waals surface area contributed by atoms with E-state index in [1.165, 1.54) is 6.42 Å². The number of aromatic nitrogens is 2. The molecule has 0 aromatic carbocycles. The van der Waals surface area contributed by atoms with Crippen molar-refractivity contribution in [3.63, 3.8) is 0 Å². The van der Waals surface area contributed by atoms with Crippen LogP contribution in [0.5, 0.6) is 0 Å². The molecule has 1 aliphatic rings. The second-order valence-corrected chi connectivity index (χ2v) is 6.35. The molecule has 1 unspecified atom stereocenters. The Morgan fingerprint density at radius 2 is 2.22 bits per heavy atom. The molecule has 5 heteroatoms. The van der Waals surface area contributed by atoms with Gasteiger partial charge in [0.25, 0.3) is 0 Å². The van der Waals surface area contributed by atoms with Crippen molar-refractivity contribution >= 4 is 33.3 Å². The summed E-state index contributed by atoms with van der Waals surface area (Å²) in [5, 5.41) is 9.94. The van der Waals surface area contributed by atoms with Crippen molar-refractivity contribution in [2.24, 2.45) is 5.41 Å². The Morgan fingerprint density at radius 3 is 2.89 bits per heavy atom. The van der Waals surface area contributed by atoms with Crippen LogP contribution in [0.2, 0.25) is 0 Å². The summed E-state index contributed by atoms with van der Waals surface area (Å²) in [6.07, 6.45) is 1.21. The SMILES string of the molecule is CCNc1nc(NC2CC2(C)C)c2ccsc2n1. The van der Waals surface area contributed by atoms with Crippen LogP contribution >= 0.6 is 11.3 Å². The van der Waals surface area contributed by atoms with E-state index in [9.17, 15) is 0 Å². The maximum absolute atomic E-state index is 4.58. The number of fused-ring (bicyclic) bond motifs is 1. The fraction of sp³-hybridized carbons (Fsp3) is 0.538. The third kappa shape index (κ3) is 2.03. The van der Waals surface area contributed by atoms with Crippen LogP contribution in [0.4, 0.5) is 11.8 Å². The molecule has 2 N–H and O–H groups in total. The molecule has 0 radical (unpaired) electrons. The first kappa shape index (κ1) is 11.7. The van der Waals surface area contributed by atoms with E-state index in [-0.39, 0.29) is 0 Å². The lowest BCUT2D eigenvalue weighted by Crippen LogP contribution is -2.11. The van der Waals surface area contributed by atoms with Gasteiger partial charge in [0.05, 0.1) is 5.39 Å². The Balaban J connectivity index is 1.95. The first-order valence-electron chi connectivity index (χ1n) is 6.36. The van der Waals surface area contributed by atoms with Crippen molar-refractivity contribution < 1.29 is 0 Å². The van der Waals surface area contributed by atoms with Crippen LogP contribution in [0.3, 0.4) is 0 Å². The van der Waals surface area contributed by atoms with E-state index in [1.54, 1.807) is 11.3 Å². The molecule has 2 aromatic rings. The van der Waals surface area contributed by atoms with Crippen LogP contribution in [-0.4, -0.2) is 22.6 Å². The summed E-state index contributed by atoms with van der Waals surface area (Å²) < 4.78 is 0. The lowest BCUT2D eigenvalue weighted by molar-refractivity contribution is 0.630. The van der Waals surface area contributed by atoms with E-state index in [4.69, 9.17) is 0 Å². The summed E-state index contributed by atoms with van der Waals surface area (Å²) in [7, 11) is 0. The summed E-state index contributed by atoms with van der Waals surface area (Å²) in [4.78, 5) is 10.1. The van der Waals surface area contributed by atoms with Gasteiger partial charge in [-0.05, 0) is 30.2 Å². The fourth-order valence-corrected chi connectivity index (χ4v) is 2.85. The highest BCUT2D eigenvalue weighted by Gasteiger charge is 2.46. The molecule has 96 valence electrons. The number of nitrogens with zero attached hydrogens (tertiary/aromatic N) is 2. The third-order valence-corrected chi connectivity index (χ3v) is 4.29. The van der Waals surface area contributed by atoms with Gasteiger partial charge >= 0.3 is 0 Å². The van der Waals surface area contributed by atoms with E-state index in [0.717, 1.165) is 22.6 Å². The molecule has 2 aromatic heterocycles. The molecule has 18 heavy (non-hydrogen) atoms. The quantitative estimate of drug-likeness (QED) is 0.887. The minimum Gasteiger partial charge on any atom is -0.366 e. The zero-order chi connectivity index (χ0) is 12.8. The standard InChI is InChI=1S/C13H18N4S/c1-4-14-12-16-10(15-9-7-13(9,2)3)8-5-6-18-11(8)17-12/h5-6,9H,4,7H2,1-3H3,(H2,14,15,16,17). The van der Waals surface area contributed by atoms with E-state index in [1.807, 2.05) is 0 Å². The topological polar surface area (TPSA) is 49.8 Å². The maximum Gasteiger partial charge on any atom is 0.226 e. The summed E-state index contributed by atoms with van der Waals surface area (Å²) in [5.41, 5.74) is 0.394. The predicted octanol–water partition coefficient (Wildman–Crippen LogP) is 3.33. The minimum absolute atomic E-state index is 0.394.